The van der Waals surface area contributed by atoms with Crippen LogP contribution in [0.3, 0.4) is 0 Å². The molecule has 8 heteroatoms. The first-order valence-corrected chi connectivity index (χ1v) is 6.15. The van der Waals surface area contributed by atoms with Crippen LogP contribution in [0.4, 0.5) is 4.79 Å². The van der Waals surface area contributed by atoms with Gasteiger partial charge in [0.05, 0.1) is 18.3 Å². The Hall–Kier alpha value is -2.22. The van der Waals surface area contributed by atoms with Crippen molar-refractivity contribution in [1.29, 1.82) is 0 Å². The lowest BCUT2D eigenvalue weighted by molar-refractivity contribution is -0.114. The first kappa shape index (κ1) is 11.8. The molecule has 0 spiro atoms. The average molecular weight is 280 g/mol. The van der Waals surface area contributed by atoms with Gasteiger partial charge < -0.3 is 19.8 Å². The summed E-state index contributed by atoms with van der Waals surface area (Å²) in [6.45, 7) is 0.250. The van der Waals surface area contributed by atoms with E-state index in [2.05, 4.69) is 9.73 Å². The summed E-state index contributed by atoms with van der Waals surface area (Å²) in [6.07, 6.45) is 1.27. The molecule has 0 aromatic rings. The number of allylic oxidation sites excluding steroid dienone is 3. The Morgan fingerprint density at radius 2 is 2.32 bits per heavy atom. The Balaban J connectivity index is 2.06. The van der Waals surface area contributed by atoms with E-state index < -0.39 is 6.16 Å². The third kappa shape index (κ3) is 1.89. The number of thioether (sulfide) groups is 1. The number of ether oxygens (including phenoxy) is 1. The predicted octanol–water partition coefficient (Wildman–Crippen LogP) is 1.57. The van der Waals surface area contributed by atoms with Crippen LogP contribution < -0.4 is 0 Å². The maximum Gasteiger partial charge on any atom is 0.511 e. The first-order chi connectivity index (χ1) is 9.06. The van der Waals surface area contributed by atoms with Crippen molar-refractivity contribution in [1.82, 2.24) is 4.90 Å². The van der Waals surface area contributed by atoms with Crippen molar-refractivity contribution in [3.05, 3.63) is 33.2 Å². The van der Waals surface area contributed by atoms with Gasteiger partial charge in [-0.25, -0.2) is 4.79 Å². The monoisotopic (exact) mass is 280 g/mol. The second-order valence-corrected chi connectivity index (χ2v) is 5.00. The van der Waals surface area contributed by atoms with Gasteiger partial charge >= 0.3 is 6.16 Å². The SMILES string of the molecule is O=C1C=C2SC3=C(OC(=O)O)C=NCN3C2=C(O)C1. The maximum atomic E-state index is 11.4. The molecule has 0 bridgehead atoms. The molecule has 0 aromatic heterocycles. The highest BCUT2D eigenvalue weighted by molar-refractivity contribution is 8.07. The molecule has 2 N–H and O–H groups in total. The van der Waals surface area contributed by atoms with E-state index in [1.54, 1.807) is 4.90 Å². The number of carbonyl (C=O) groups excluding carboxylic acids is 1. The lowest BCUT2D eigenvalue weighted by atomic mass is 10.1. The standard InChI is InChI=1S/C11H8N2O5S/c14-5-1-6(15)9-8(2-5)19-10-7(18-11(16)17)3-12-4-13(9)10/h2-3,15H,1,4H2,(H,16,17). The van der Waals surface area contributed by atoms with Crippen molar-refractivity contribution in [2.24, 2.45) is 4.99 Å². The average Bonchev–Trinajstić information content (AvgIpc) is 2.67. The number of nitrogens with zero attached hydrogens (tertiary/aromatic N) is 2. The van der Waals surface area contributed by atoms with E-state index in [-0.39, 0.29) is 30.4 Å². The molecule has 2 aliphatic heterocycles. The zero-order valence-electron chi connectivity index (χ0n) is 9.49. The minimum atomic E-state index is -1.44. The maximum absolute atomic E-state index is 11.4. The molecule has 3 rings (SSSR count). The fourth-order valence-electron chi connectivity index (χ4n) is 2.03. The second kappa shape index (κ2) is 4.16. The second-order valence-electron chi connectivity index (χ2n) is 3.97. The van der Waals surface area contributed by atoms with Gasteiger partial charge in [0.25, 0.3) is 0 Å². The molecule has 0 aromatic carbocycles. The lowest BCUT2D eigenvalue weighted by Gasteiger charge is -2.23. The summed E-state index contributed by atoms with van der Waals surface area (Å²) in [5, 5.41) is 19.1. The molecule has 0 saturated carbocycles. The van der Waals surface area contributed by atoms with Crippen molar-refractivity contribution < 1.29 is 24.5 Å². The Labute approximate surface area is 111 Å². The molecule has 98 valence electrons. The van der Waals surface area contributed by atoms with Crippen LogP contribution in [-0.2, 0) is 9.53 Å². The predicted molar refractivity (Wildman–Crippen MR) is 66.3 cm³/mol. The van der Waals surface area contributed by atoms with Gasteiger partial charge in [-0.3, -0.25) is 9.79 Å². The molecule has 1 saturated heterocycles. The third-order valence-electron chi connectivity index (χ3n) is 2.70. The Morgan fingerprint density at radius 1 is 1.53 bits per heavy atom. The number of aliphatic hydroxyl groups is 1. The quantitative estimate of drug-likeness (QED) is 0.703. The van der Waals surface area contributed by atoms with E-state index in [1.807, 2.05) is 0 Å². The summed E-state index contributed by atoms with van der Waals surface area (Å²) in [5.41, 5.74) is 0.503. The fourth-order valence-corrected chi connectivity index (χ4v) is 3.20. The Morgan fingerprint density at radius 3 is 3.05 bits per heavy atom. The number of rotatable bonds is 1. The normalized spacial score (nSPS) is 21.4. The molecule has 19 heavy (non-hydrogen) atoms. The van der Waals surface area contributed by atoms with E-state index in [0.29, 0.717) is 15.6 Å². The number of fused-ring (bicyclic) bond motifs is 3. The molecule has 1 aliphatic carbocycles. The summed E-state index contributed by atoms with van der Waals surface area (Å²) in [7, 11) is 0. The van der Waals surface area contributed by atoms with Crippen molar-refractivity contribution in [2.45, 2.75) is 6.42 Å². The molecule has 1 fully saturated rings. The molecule has 7 nitrogen and oxygen atoms in total. The molecular formula is C11H8N2O5S. The molecule has 2 heterocycles. The van der Waals surface area contributed by atoms with Gasteiger partial charge in [0, 0.05) is 4.91 Å². The molecule has 3 aliphatic rings. The van der Waals surface area contributed by atoms with Crippen LogP contribution in [0.25, 0.3) is 0 Å². The fraction of sp³-hybridized carbons (Fsp3) is 0.182. The molecule has 0 atom stereocenters. The highest BCUT2D eigenvalue weighted by Crippen LogP contribution is 2.49. The number of aliphatic imine (C=N–C) groups is 1. The van der Waals surface area contributed by atoms with Crippen molar-refractivity contribution >= 4 is 29.9 Å². The summed E-state index contributed by atoms with van der Waals surface area (Å²) >= 11 is 1.18. The van der Waals surface area contributed by atoms with Crippen LogP contribution in [0, 0.1) is 0 Å². The van der Waals surface area contributed by atoms with Gasteiger partial charge in [0.15, 0.2) is 11.5 Å². The first-order valence-electron chi connectivity index (χ1n) is 5.33. The van der Waals surface area contributed by atoms with Crippen LogP contribution in [-0.4, -0.2) is 39.9 Å². The van der Waals surface area contributed by atoms with Crippen molar-refractivity contribution in [2.75, 3.05) is 6.67 Å². The lowest BCUT2D eigenvalue weighted by Crippen LogP contribution is -2.25. The van der Waals surface area contributed by atoms with Gasteiger partial charge in [-0.15, -0.1) is 0 Å². The summed E-state index contributed by atoms with van der Waals surface area (Å²) in [6, 6.07) is 0. The molecule has 0 amide bonds. The number of hydrogen-bond acceptors (Lipinski definition) is 7. The number of ketones is 1. The van der Waals surface area contributed by atoms with Crippen LogP contribution >= 0.6 is 11.8 Å². The zero-order chi connectivity index (χ0) is 13.6. The van der Waals surface area contributed by atoms with Crippen LogP contribution in [0.2, 0.25) is 0 Å². The van der Waals surface area contributed by atoms with Crippen LogP contribution in [0.5, 0.6) is 0 Å². The molecule has 0 radical (unpaired) electrons. The van der Waals surface area contributed by atoms with E-state index in [9.17, 15) is 14.7 Å². The number of carboxylic acid groups (broad SMARTS) is 1. The molecule has 0 unspecified atom stereocenters. The van der Waals surface area contributed by atoms with E-state index in [1.165, 1.54) is 24.1 Å². The highest BCUT2D eigenvalue weighted by atomic mass is 32.2. The van der Waals surface area contributed by atoms with Crippen LogP contribution in [0.15, 0.2) is 38.2 Å². The van der Waals surface area contributed by atoms with Crippen molar-refractivity contribution in [3.8, 4) is 0 Å². The number of carbonyl (C=O) groups is 2. The third-order valence-corrected chi connectivity index (χ3v) is 3.85. The van der Waals surface area contributed by atoms with Gasteiger partial charge in [-0.1, -0.05) is 11.8 Å². The largest absolute Gasteiger partial charge is 0.511 e. The minimum Gasteiger partial charge on any atom is -0.510 e. The number of hydrogen-bond donors (Lipinski definition) is 2. The van der Waals surface area contributed by atoms with Gasteiger partial charge in [-0.2, -0.15) is 0 Å². The molecular weight excluding hydrogens is 272 g/mol. The zero-order valence-corrected chi connectivity index (χ0v) is 10.3. The van der Waals surface area contributed by atoms with Gasteiger partial charge in [-0.05, 0) is 6.08 Å². The minimum absolute atomic E-state index is 0.0308. The topological polar surface area (TPSA) is 99.4 Å². The van der Waals surface area contributed by atoms with Crippen LogP contribution in [0.1, 0.15) is 6.42 Å². The van der Waals surface area contributed by atoms with E-state index in [0.717, 1.165) is 0 Å². The Kier molecular flexibility index (Phi) is 2.59. The summed E-state index contributed by atoms with van der Waals surface area (Å²) in [4.78, 5) is 28.2. The van der Waals surface area contributed by atoms with E-state index >= 15 is 0 Å². The highest BCUT2D eigenvalue weighted by Gasteiger charge is 2.38. The van der Waals surface area contributed by atoms with E-state index in [4.69, 9.17) is 5.11 Å². The summed E-state index contributed by atoms with van der Waals surface area (Å²) in [5.74, 6) is -0.130. The summed E-state index contributed by atoms with van der Waals surface area (Å²) < 4.78 is 4.64. The number of aliphatic hydroxyl groups excluding tert-OH is 1. The van der Waals surface area contributed by atoms with Gasteiger partial charge in [0.1, 0.15) is 17.5 Å². The Bertz CT molecular complexity index is 617. The van der Waals surface area contributed by atoms with Crippen molar-refractivity contribution in [3.63, 3.8) is 0 Å². The van der Waals surface area contributed by atoms with Gasteiger partial charge in [0.2, 0.25) is 0 Å². The smallest absolute Gasteiger partial charge is 0.510 e.